The van der Waals surface area contributed by atoms with Crippen LogP contribution in [0.4, 0.5) is 0 Å². The predicted octanol–water partition coefficient (Wildman–Crippen LogP) is -0.670. The summed E-state index contributed by atoms with van der Waals surface area (Å²) in [6.45, 7) is 12.1. The van der Waals surface area contributed by atoms with Crippen molar-refractivity contribution >= 4 is 19.8 Å². The van der Waals surface area contributed by atoms with Gasteiger partial charge in [-0.3, -0.25) is 0 Å². The summed E-state index contributed by atoms with van der Waals surface area (Å²) in [7, 11) is -1.55. The van der Waals surface area contributed by atoms with E-state index in [-0.39, 0.29) is 24.8 Å². The number of thioether (sulfide) groups is 1. The summed E-state index contributed by atoms with van der Waals surface area (Å²) in [6, 6.07) is 0. The Labute approximate surface area is 165 Å². The molecule has 0 fully saturated rings. The van der Waals surface area contributed by atoms with E-state index in [0.29, 0.717) is 4.37 Å². The maximum Gasteiger partial charge on any atom is -1.00 e. The van der Waals surface area contributed by atoms with E-state index in [4.69, 9.17) is 0 Å². The van der Waals surface area contributed by atoms with Gasteiger partial charge in [-0.1, -0.05) is 0 Å². The van der Waals surface area contributed by atoms with E-state index in [9.17, 15) is 0 Å². The fourth-order valence-corrected chi connectivity index (χ4v) is 12.1. The second-order valence-corrected chi connectivity index (χ2v) is 13.9. The third kappa shape index (κ3) is 3.90. The van der Waals surface area contributed by atoms with Crippen molar-refractivity contribution in [2.24, 2.45) is 0 Å². The van der Waals surface area contributed by atoms with Crippen molar-refractivity contribution < 1.29 is 45.2 Å². The molecule has 121 valence electrons. The molecule has 22 heavy (non-hydrogen) atoms. The molecule has 2 aliphatic rings. The van der Waals surface area contributed by atoms with Crippen molar-refractivity contribution in [2.45, 2.75) is 51.1 Å². The second kappa shape index (κ2) is 8.78. The maximum absolute atomic E-state index is 2.58. The van der Waals surface area contributed by atoms with Crippen LogP contribution in [0.25, 0.3) is 0 Å². The van der Waals surface area contributed by atoms with Gasteiger partial charge in [0, 0.05) is 0 Å². The molecule has 0 heterocycles. The molecule has 0 nitrogen and oxygen atoms in total. The van der Waals surface area contributed by atoms with Crippen LogP contribution in [0.15, 0.2) is 44.5 Å². The minimum atomic E-state index is -1.55. The van der Waals surface area contributed by atoms with Crippen LogP contribution in [0, 0.1) is 0 Å². The van der Waals surface area contributed by atoms with Crippen LogP contribution in [0.1, 0.15) is 33.6 Å². The molecule has 0 N–H and O–H groups in total. The van der Waals surface area contributed by atoms with E-state index >= 15 is 0 Å². The Hall–Kier alpha value is 0.821. The molecule has 1 unspecified atom stereocenters. The van der Waals surface area contributed by atoms with Crippen molar-refractivity contribution in [1.82, 2.24) is 0 Å². The molecule has 0 aromatic heterocycles. The molecule has 2 aliphatic carbocycles. The van der Waals surface area contributed by atoms with Crippen molar-refractivity contribution in [3.63, 3.8) is 0 Å². The Balaban J connectivity index is 0.00000220. The molecule has 0 bridgehead atoms. The van der Waals surface area contributed by atoms with Gasteiger partial charge in [0.15, 0.2) is 0 Å². The van der Waals surface area contributed by atoms with Crippen LogP contribution < -0.4 is 24.8 Å². The fourth-order valence-electron chi connectivity index (χ4n) is 3.64. The number of halogens is 2. The van der Waals surface area contributed by atoms with Crippen molar-refractivity contribution in [1.29, 1.82) is 0 Å². The van der Waals surface area contributed by atoms with Crippen LogP contribution in [0.2, 0.25) is 13.1 Å². The van der Waals surface area contributed by atoms with Gasteiger partial charge in [-0.15, -0.1) is 0 Å². The van der Waals surface area contributed by atoms with E-state index in [2.05, 4.69) is 90.4 Å². The number of hydrogen-bond acceptors (Lipinski definition) is 1. The van der Waals surface area contributed by atoms with Crippen LogP contribution in [-0.2, 0) is 20.4 Å². The Morgan fingerprint density at radius 1 is 1.27 bits per heavy atom. The Bertz CT molecular complexity index is 535. The second-order valence-electron chi connectivity index (χ2n) is 6.36. The third-order valence-corrected chi connectivity index (χ3v) is 13.6. The summed E-state index contributed by atoms with van der Waals surface area (Å²) in [4.78, 5) is 0. The first-order valence-corrected chi connectivity index (χ1v) is 12.2. The quantitative estimate of drug-likeness (QED) is 0.557. The Kier molecular flexibility index (Phi) is 9.11. The van der Waals surface area contributed by atoms with Gasteiger partial charge in [0.1, 0.15) is 0 Å². The van der Waals surface area contributed by atoms with Crippen molar-refractivity contribution in [3.05, 3.63) is 44.5 Å². The van der Waals surface area contributed by atoms with E-state index in [1.165, 1.54) is 17.7 Å². The molecular formula is C17H25Cl2SSiTi. The van der Waals surface area contributed by atoms with E-state index in [1.54, 1.807) is 14.6 Å². The summed E-state index contributed by atoms with van der Waals surface area (Å²) < 4.78 is 1.95. The fraction of sp³-hybridized carbons (Fsp3) is 0.529. The molecule has 0 saturated heterocycles. The SMILES string of the molecule is CCSC1([Si](C)(C)C2=[C]([Ti+2])CC=C2)CC=C(C)C=C1C.[Cl-].[Cl-]. The van der Waals surface area contributed by atoms with Crippen LogP contribution in [0.5, 0.6) is 0 Å². The zero-order chi connectivity index (χ0) is 15.0. The zero-order valence-corrected chi connectivity index (χ0v) is 19.0. The monoisotopic (exact) mass is 407 g/mol. The summed E-state index contributed by atoms with van der Waals surface area (Å²) in [5, 5.41) is 1.69. The summed E-state index contributed by atoms with van der Waals surface area (Å²) >= 11 is 4.52. The number of allylic oxidation sites excluding steroid dienone is 7. The van der Waals surface area contributed by atoms with Crippen LogP contribution in [0.3, 0.4) is 0 Å². The third-order valence-electron chi connectivity index (χ3n) is 4.80. The van der Waals surface area contributed by atoms with Gasteiger partial charge in [0.05, 0.1) is 0 Å². The van der Waals surface area contributed by atoms with Gasteiger partial charge in [0.25, 0.3) is 0 Å². The molecule has 0 saturated carbocycles. The summed E-state index contributed by atoms with van der Waals surface area (Å²) in [5.74, 6) is 1.20. The number of rotatable bonds is 4. The minimum Gasteiger partial charge on any atom is -1.00 e. The van der Waals surface area contributed by atoms with E-state index in [1.807, 2.05) is 0 Å². The molecule has 0 aromatic carbocycles. The largest absolute Gasteiger partial charge is 1.00 e. The van der Waals surface area contributed by atoms with Crippen LogP contribution >= 0.6 is 11.8 Å². The maximum atomic E-state index is 2.58. The molecule has 0 radical (unpaired) electrons. The molecule has 0 amide bonds. The van der Waals surface area contributed by atoms with Crippen molar-refractivity contribution in [3.8, 4) is 0 Å². The van der Waals surface area contributed by atoms with Crippen molar-refractivity contribution in [2.75, 3.05) is 5.75 Å². The van der Waals surface area contributed by atoms with Gasteiger partial charge in [-0.2, -0.15) is 0 Å². The van der Waals surface area contributed by atoms with E-state index < -0.39 is 8.07 Å². The molecule has 0 aliphatic heterocycles. The topological polar surface area (TPSA) is 0 Å². The normalized spacial score (nSPS) is 24.5. The minimum absolute atomic E-state index is 0. The summed E-state index contributed by atoms with van der Waals surface area (Å²) in [5.41, 5.74) is 3.04. The first-order valence-electron chi connectivity index (χ1n) is 7.46. The van der Waals surface area contributed by atoms with Gasteiger partial charge in [-0.25, -0.2) is 0 Å². The molecule has 0 aromatic rings. The Morgan fingerprint density at radius 2 is 1.91 bits per heavy atom. The molecular weight excluding hydrogens is 383 g/mol. The molecule has 1 atom stereocenters. The van der Waals surface area contributed by atoms with E-state index in [0.717, 1.165) is 6.42 Å². The standard InChI is InChI=1S/C17H25SSi.2ClH.Ti/c1-6-18-17(12-11-14(2)13-15(17)3)19(4,5)16-9-7-8-10-16;;;/h7,9,11,13H,6,8,12H2,1-5H3;2*1H;/q;;;+2/p-2. The van der Waals surface area contributed by atoms with Crippen LogP contribution in [-0.4, -0.2) is 18.2 Å². The van der Waals surface area contributed by atoms with Gasteiger partial charge in [-0.05, 0) is 0 Å². The average molecular weight is 408 g/mol. The average Bonchev–Trinajstić information content (AvgIpc) is 2.80. The predicted molar refractivity (Wildman–Crippen MR) is 91.3 cm³/mol. The smallest absolute Gasteiger partial charge is 1.00 e. The summed E-state index contributed by atoms with van der Waals surface area (Å²) in [6.07, 6.45) is 12.0. The van der Waals surface area contributed by atoms with Gasteiger partial charge >= 0.3 is 142 Å². The molecule has 2 rings (SSSR count). The first kappa shape index (κ1) is 22.8. The Morgan fingerprint density at radius 3 is 2.36 bits per heavy atom. The molecule has 5 heteroatoms. The molecule has 0 spiro atoms. The number of hydrogen-bond donors (Lipinski definition) is 0. The zero-order valence-electron chi connectivity index (χ0n) is 14.1. The first-order chi connectivity index (χ1) is 9.35. The van der Waals surface area contributed by atoms with Gasteiger partial charge in [0.2, 0.25) is 0 Å². The van der Waals surface area contributed by atoms with Gasteiger partial charge < -0.3 is 24.8 Å².